The average molecular weight is 280 g/mol. The first-order chi connectivity index (χ1) is 9.05. The van der Waals surface area contributed by atoms with Gasteiger partial charge in [-0.2, -0.15) is 0 Å². The SMILES string of the molecule is Nc1cccc2c1CCN(C1CCCS(=O)(=O)C1)C2. The summed E-state index contributed by atoms with van der Waals surface area (Å²) >= 11 is 0. The van der Waals surface area contributed by atoms with Crippen LogP contribution in [0.15, 0.2) is 18.2 Å². The Morgan fingerprint density at radius 2 is 2.16 bits per heavy atom. The van der Waals surface area contributed by atoms with Gasteiger partial charge in [0.15, 0.2) is 9.84 Å². The summed E-state index contributed by atoms with van der Waals surface area (Å²) in [6.45, 7) is 1.75. The van der Waals surface area contributed by atoms with Gasteiger partial charge in [0.05, 0.1) is 11.5 Å². The Kier molecular flexibility index (Phi) is 3.27. The van der Waals surface area contributed by atoms with Crippen molar-refractivity contribution in [3.05, 3.63) is 29.3 Å². The van der Waals surface area contributed by atoms with Gasteiger partial charge in [-0.05, 0) is 36.5 Å². The van der Waals surface area contributed by atoms with Crippen molar-refractivity contribution >= 4 is 15.5 Å². The summed E-state index contributed by atoms with van der Waals surface area (Å²) < 4.78 is 23.5. The molecule has 4 nitrogen and oxygen atoms in total. The highest BCUT2D eigenvalue weighted by molar-refractivity contribution is 7.91. The predicted molar refractivity (Wildman–Crippen MR) is 76.6 cm³/mol. The van der Waals surface area contributed by atoms with Gasteiger partial charge in [0.25, 0.3) is 0 Å². The first-order valence-electron chi connectivity index (χ1n) is 6.86. The molecule has 1 unspecified atom stereocenters. The normalized spacial score (nSPS) is 26.8. The van der Waals surface area contributed by atoms with Gasteiger partial charge in [-0.15, -0.1) is 0 Å². The third kappa shape index (κ3) is 2.62. The number of benzene rings is 1. The molecule has 2 N–H and O–H groups in total. The molecule has 0 bridgehead atoms. The number of hydrogen-bond donors (Lipinski definition) is 1. The van der Waals surface area contributed by atoms with Crippen LogP contribution in [-0.4, -0.2) is 37.4 Å². The molecule has 1 atom stereocenters. The van der Waals surface area contributed by atoms with Crippen molar-refractivity contribution in [2.75, 3.05) is 23.8 Å². The zero-order valence-electron chi connectivity index (χ0n) is 11.0. The fraction of sp³-hybridized carbons (Fsp3) is 0.571. The molecule has 1 saturated heterocycles. The molecule has 104 valence electrons. The van der Waals surface area contributed by atoms with Crippen molar-refractivity contribution in [3.63, 3.8) is 0 Å². The minimum absolute atomic E-state index is 0.188. The molecular weight excluding hydrogens is 260 g/mol. The van der Waals surface area contributed by atoms with Gasteiger partial charge in [-0.1, -0.05) is 12.1 Å². The van der Waals surface area contributed by atoms with E-state index in [0.29, 0.717) is 11.5 Å². The van der Waals surface area contributed by atoms with E-state index in [1.807, 2.05) is 12.1 Å². The summed E-state index contributed by atoms with van der Waals surface area (Å²) in [5.41, 5.74) is 9.37. The van der Waals surface area contributed by atoms with Crippen LogP contribution in [0.2, 0.25) is 0 Å². The fourth-order valence-corrected chi connectivity index (χ4v) is 5.00. The quantitative estimate of drug-likeness (QED) is 0.785. The highest BCUT2D eigenvalue weighted by atomic mass is 32.2. The standard InChI is InChI=1S/C14H20N2O2S/c15-14-5-1-3-11-9-16(7-6-13(11)14)12-4-2-8-19(17,18)10-12/h1,3,5,12H,2,4,6-10,15H2. The van der Waals surface area contributed by atoms with Gasteiger partial charge >= 0.3 is 0 Å². The predicted octanol–water partition coefficient (Wildman–Crippen LogP) is 1.20. The summed E-state index contributed by atoms with van der Waals surface area (Å²) in [7, 11) is -2.83. The molecule has 0 radical (unpaired) electrons. The first-order valence-corrected chi connectivity index (χ1v) is 8.68. The van der Waals surface area contributed by atoms with Crippen LogP contribution in [0.1, 0.15) is 24.0 Å². The molecule has 2 heterocycles. The van der Waals surface area contributed by atoms with Crippen LogP contribution >= 0.6 is 0 Å². The van der Waals surface area contributed by atoms with E-state index in [1.54, 1.807) is 0 Å². The van der Waals surface area contributed by atoms with Crippen LogP contribution in [-0.2, 0) is 22.8 Å². The number of nitrogen functional groups attached to an aromatic ring is 1. The van der Waals surface area contributed by atoms with Gasteiger partial charge < -0.3 is 5.73 Å². The van der Waals surface area contributed by atoms with Crippen LogP contribution in [0.4, 0.5) is 5.69 Å². The zero-order valence-corrected chi connectivity index (χ0v) is 11.8. The van der Waals surface area contributed by atoms with Crippen molar-refractivity contribution < 1.29 is 8.42 Å². The van der Waals surface area contributed by atoms with E-state index in [9.17, 15) is 8.42 Å². The topological polar surface area (TPSA) is 63.4 Å². The number of fused-ring (bicyclic) bond motifs is 1. The minimum atomic E-state index is -2.83. The molecule has 0 aliphatic carbocycles. The van der Waals surface area contributed by atoms with Crippen LogP contribution in [0.25, 0.3) is 0 Å². The lowest BCUT2D eigenvalue weighted by Gasteiger charge is -2.37. The van der Waals surface area contributed by atoms with Crippen molar-refractivity contribution in [3.8, 4) is 0 Å². The fourth-order valence-electron chi connectivity index (χ4n) is 3.26. The monoisotopic (exact) mass is 280 g/mol. The second-order valence-electron chi connectivity index (χ2n) is 5.62. The van der Waals surface area contributed by atoms with E-state index in [-0.39, 0.29) is 6.04 Å². The lowest BCUT2D eigenvalue weighted by atomic mass is 9.96. The molecule has 19 heavy (non-hydrogen) atoms. The Morgan fingerprint density at radius 1 is 1.32 bits per heavy atom. The molecule has 0 spiro atoms. The van der Waals surface area contributed by atoms with E-state index in [4.69, 9.17) is 5.73 Å². The molecule has 5 heteroatoms. The third-order valence-corrected chi connectivity index (χ3v) is 6.09. The van der Waals surface area contributed by atoms with Gasteiger partial charge in [0.1, 0.15) is 0 Å². The van der Waals surface area contributed by atoms with Gasteiger partial charge in [0.2, 0.25) is 0 Å². The number of hydrogen-bond acceptors (Lipinski definition) is 4. The largest absolute Gasteiger partial charge is 0.398 e. The van der Waals surface area contributed by atoms with Gasteiger partial charge in [-0.25, -0.2) is 8.42 Å². The van der Waals surface area contributed by atoms with Gasteiger partial charge in [-0.3, -0.25) is 4.90 Å². The molecule has 2 aliphatic rings. The lowest BCUT2D eigenvalue weighted by Crippen LogP contribution is -2.45. The molecule has 0 saturated carbocycles. The summed E-state index contributed by atoms with van der Waals surface area (Å²) in [5.74, 6) is 0.686. The molecule has 1 aromatic rings. The Bertz CT molecular complexity index is 583. The van der Waals surface area contributed by atoms with Crippen LogP contribution in [0.5, 0.6) is 0 Å². The summed E-state index contributed by atoms with van der Waals surface area (Å²) in [5, 5.41) is 0. The van der Waals surface area contributed by atoms with E-state index >= 15 is 0 Å². The first kappa shape index (κ1) is 12.9. The summed E-state index contributed by atoms with van der Waals surface area (Å²) in [6, 6.07) is 6.22. The summed E-state index contributed by atoms with van der Waals surface area (Å²) in [6.07, 6.45) is 2.72. The minimum Gasteiger partial charge on any atom is -0.398 e. The number of nitrogens with two attached hydrogens (primary N) is 1. The Morgan fingerprint density at radius 3 is 2.95 bits per heavy atom. The molecular formula is C14H20N2O2S. The van der Waals surface area contributed by atoms with E-state index in [1.165, 1.54) is 11.1 Å². The zero-order chi connectivity index (χ0) is 13.5. The lowest BCUT2D eigenvalue weighted by molar-refractivity contribution is 0.180. The van der Waals surface area contributed by atoms with E-state index < -0.39 is 9.84 Å². The third-order valence-electron chi connectivity index (χ3n) is 4.29. The van der Waals surface area contributed by atoms with Crippen molar-refractivity contribution in [1.82, 2.24) is 4.90 Å². The second kappa shape index (κ2) is 4.80. The highest BCUT2D eigenvalue weighted by Crippen LogP contribution is 2.27. The number of sulfone groups is 1. The maximum atomic E-state index is 11.8. The average Bonchev–Trinajstić information content (AvgIpc) is 2.37. The number of nitrogens with zero attached hydrogens (tertiary/aromatic N) is 1. The second-order valence-corrected chi connectivity index (χ2v) is 7.84. The molecule has 0 aromatic heterocycles. The van der Waals surface area contributed by atoms with Crippen LogP contribution < -0.4 is 5.73 Å². The molecule has 1 fully saturated rings. The smallest absolute Gasteiger partial charge is 0.151 e. The van der Waals surface area contributed by atoms with Gasteiger partial charge in [0, 0.05) is 24.8 Å². The molecule has 0 amide bonds. The highest BCUT2D eigenvalue weighted by Gasteiger charge is 2.31. The maximum Gasteiger partial charge on any atom is 0.151 e. The van der Waals surface area contributed by atoms with E-state index in [0.717, 1.165) is 38.0 Å². The Hall–Kier alpha value is -1.07. The maximum absolute atomic E-state index is 11.8. The van der Waals surface area contributed by atoms with Crippen LogP contribution in [0, 0.1) is 0 Å². The number of rotatable bonds is 1. The summed E-state index contributed by atoms with van der Waals surface area (Å²) in [4.78, 5) is 2.32. The number of anilines is 1. The molecule has 2 aliphatic heterocycles. The Labute approximate surface area is 114 Å². The van der Waals surface area contributed by atoms with Crippen molar-refractivity contribution in [2.24, 2.45) is 0 Å². The van der Waals surface area contributed by atoms with Crippen molar-refractivity contribution in [2.45, 2.75) is 31.8 Å². The molecule has 1 aromatic carbocycles. The van der Waals surface area contributed by atoms with Crippen molar-refractivity contribution in [1.29, 1.82) is 0 Å². The Balaban J connectivity index is 1.79. The van der Waals surface area contributed by atoms with Crippen LogP contribution in [0.3, 0.4) is 0 Å². The van der Waals surface area contributed by atoms with E-state index in [2.05, 4.69) is 11.0 Å². The molecule has 3 rings (SSSR count).